The second-order valence-electron chi connectivity index (χ2n) is 4.86. The summed E-state index contributed by atoms with van der Waals surface area (Å²) in [5.41, 5.74) is 2.05. The van der Waals surface area contributed by atoms with Gasteiger partial charge in [0.2, 0.25) is 0 Å². The summed E-state index contributed by atoms with van der Waals surface area (Å²) in [5.74, 6) is -0.257. The lowest BCUT2D eigenvalue weighted by atomic mass is 10.0. The first-order valence-corrected chi connectivity index (χ1v) is 6.70. The van der Waals surface area contributed by atoms with Crippen molar-refractivity contribution in [3.8, 4) is 0 Å². The summed E-state index contributed by atoms with van der Waals surface area (Å²) in [6.07, 6.45) is 2.35. The molecule has 1 N–H and O–H groups in total. The molecular weight excluding hydrogens is 242 g/mol. The number of methoxy groups -OCH3 is 1. The van der Waals surface area contributed by atoms with Crippen molar-refractivity contribution < 1.29 is 14.3 Å². The van der Waals surface area contributed by atoms with Gasteiger partial charge in [0, 0.05) is 13.2 Å². The molecule has 0 amide bonds. The van der Waals surface area contributed by atoms with E-state index in [4.69, 9.17) is 9.47 Å². The van der Waals surface area contributed by atoms with Gasteiger partial charge in [0.1, 0.15) is 6.04 Å². The van der Waals surface area contributed by atoms with E-state index >= 15 is 0 Å². The van der Waals surface area contributed by atoms with Crippen LogP contribution in [-0.2, 0) is 14.3 Å². The molecule has 1 fully saturated rings. The van der Waals surface area contributed by atoms with Crippen LogP contribution in [0.3, 0.4) is 0 Å². The topological polar surface area (TPSA) is 47.6 Å². The number of hydrogen-bond acceptors (Lipinski definition) is 4. The minimum atomic E-state index is -0.421. The van der Waals surface area contributed by atoms with Gasteiger partial charge in [-0.25, -0.2) is 4.79 Å². The first kappa shape index (κ1) is 14.0. The number of hydrogen-bond donors (Lipinski definition) is 1. The molecule has 1 aliphatic rings. The first-order valence-electron chi connectivity index (χ1n) is 6.70. The maximum atomic E-state index is 11.9. The smallest absolute Gasteiger partial charge is 0.327 e. The van der Waals surface area contributed by atoms with Crippen molar-refractivity contribution in [1.29, 1.82) is 0 Å². The molecule has 1 aliphatic heterocycles. The zero-order chi connectivity index (χ0) is 13.7. The second kappa shape index (κ2) is 6.68. The number of benzene rings is 1. The Morgan fingerprint density at radius 3 is 2.95 bits per heavy atom. The zero-order valence-electron chi connectivity index (χ0n) is 11.5. The molecule has 19 heavy (non-hydrogen) atoms. The zero-order valence-corrected chi connectivity index (χ0v) is 11.5. The normalized spacial score (nSPS) is 20.2. The Morgan fingerprint density at radius 2 is 2.32 bits per heavy atom. The summed E-state index contributed by atoms with van der Waals surface area (Å²) in [5, 5.41) is 3.27. The van der Waals surface area contributed by atoms with Crippen LogP contribution in [0.2, 0.25) is 0 Å². The molecule has 2 unspecified atom stereocenters. The Hall–Kier alpha value is -1.39. The van der Waals surface area contributed by atoms with Gasteiger partial charge in [-0.2, -0.15) is 0 Å². The highest BCUT2D eigenvalue weighted by Crippen LogP contribution is 2.20. The average molecular weight is 263 g/mol. The molecule has 1 saturated heterocycles. The maximum absolute atomic E-state index is 11.9. The number of aryl methyl sites for hydroxylation is 1. The maximum Gasteiger partial charge on any atom is 0.327 e. The van der Waals surface area contributed by atoms with Crippen LogP contribution in [0.15, 0.2) is 24.3 Å². The molecule has 1 heterocycles. The van der Waals surface area contributed by atoms with E-state index in [-0.39, 0.29) is 12.1 Å². The number of carbonyl (C=O) groups is 1. The third-order valence-corrected chi connectivity index (χ3v) is 3.51. The Kier molecular flexibility index (Phi) is 4.93. The van der Waals surface area contributed by atoms with Gasteiger partial charge in [0.15, 0.2) is 0 Å². The van der Waals surface area contributed by atoms with Gasteiger partial charge in [0.25, 0.3) is 0 Å². The Labute approximate surface area is 114 Å². The monoisotopic (exact) mass is 263 g/mol. The van der Waals surface area contributed by atoms with Crippen LogP contribution in [0.5, 0.6) is 0 Å². The number of rotatable bonds is 5. The largest absolute Gasteiger partial charge is 0.468 e. The molecular formula is C15H21NO3. The van der Waals surface area contributed by atoms with Crippen LogP contribution in [0.4, 0.5) is 0 Å². The van der Waals surface area contributed by atoms with Gasteiger partial charge in [-0.3, -0.25) is 5.32 Å². The molecule has 2 rings (SSSR count). The van der Waals surface area contributed by atoms with Crippen molar-refractivity contribution in [2.24, 2.45) is 0 Å². The molecule has 4 nitrogen and oxygen atoms in total. The van der Waals surface area contributed by atoms with Gasteiger partial charge < -0.3 is 9.47 Å². The third kappa shape index (κ3) is 3.55. The molecule has 104 valence electrons. The van der Waals surface area contributed by atoms with E-state index in [1.807, 2.05) is 31.2 Å². The SMILES string of the molecule is COC(=O)C(NCC1CCCO1)c1ccccc1C. The van der Waals surface area contributed by atoms with Crippen molar-refractivity contribution >= 4 is 5.97 Å². The lowest BCUT2D eigenvalue weighted by Crippen LogP contribution is -2.35. The van der Waals surface area contributed by atoms with Crippen molar-refractivity contribution in [3.05, 3.63) is 35.4 Å². The van der Waals surface area contributed by atoms with Crippen LogP contribution in [0, 0.1) is 6.92 Å². The van der Waals surface area contributed by atoms with E-state index in [1.54, 1.807) is 0 Å². The molecule has 4 heteroatoms. The van der Waals surface area contributed by atoms with Crippen LogP contribution in [0.1, 0.15) is 30.0 Å². The van der Waals surface area contributed by atoms with Crippen LogP contribution in [-0.4, -0.2) is 32.3 Å². The summed E-state index contributed by atoms with van der Waals surface area (Å²) in [6, 6.07) is 7.44. The Balaban J connectivity index is 2.07. The highest BCUT2D eigenvalue weighted by molar-refractivity contribution is 5.78. The molecule has 0 saturated carbocycles. The highest BCUT2D eigenvalue weighted by Gasteiger charge is 2.24. The molecule has 0 aliphatic carbocycles. The summed E-state index contributed by atoms with van der Waals surface area (Å²) < 4.78 is 10.5. The fraction of sp³-hybridized carbons (Fsp3) is 0.533. The number of nitrogens with one attached hydrogen (secondary N) is 1. The third-order valence-electron chi connectivity index (χ3n) is 3.51. The van der Waals surface area contributed by atoms with E-state index in [1.165, 1.54) is 7.11 Å². The molecule has 0 radical (unpaired) electrons. The van der Waals surface area contributed by atoms with Gasteiger partial charge in [-0.15, -0.1) is 0 Å². The van der Waals surface area contributed by atoms with E-state index in [9.17, 15) is 4.79 Å². The summed E-state index contributed by atoms with van der Waals surface area (Å²) in [6.45, 7) is 3.49. The highest BCUT2D eigenvalue weighted by atomic mass is 16.5. The second-order valence-corrected chi connectivity index (χ2v) is 4.86. The minimum absolute atomic E-state index is 0.205. The van der Waals surface area contributed by atoms with Gasteiger partial charge in [-0.1, -0.05) is 24.3 Å². The molecule has 2 atom stereocenters. The molecule has 1 aromatic rings. The van der Waals surface area contributed by atoms with Gasteiger partial charge in [-0.05, 0) is 30.9 Å². The minimum Gasteiger partial charge on any atom is -0.468 e. The summed E-state index contributed by atoms with van der Waals surface area (Å²) >= 11 is 0. The van der Waals surface area contributed by atoms with Crippen LogP contribution in [0.25, 0.3) is 0 Å². The van der Waals surface area contributed by atoms with Crippen molar-refractivity contribution in [2.45, 2.75) is 31.9 Å². The Morgan fingerprint density at radius 1 is 1.53 bits per heavy atom. The predicted molar refractivity (Wildman–Crippen MR) is 72.9 cm³/mol. The molecule has 1 aromatic carbocycles. The number of ether oxygens (including phenoxy) is 2. The molecule has 0 spiro atoms. The average Bonchev–Trinajstić information content (AvgIpc) is 2.93. The van der Waals surface area contributed by atoms with E-state index < -0.39 is 6.04 Å². The molecule has 0 bridgehead atoms. The standard InChI is InChI=1S/C15H21NO3/c1-11-6-3-4-8-13(11)14(15(17)18-2)16-10-12-7-5-9-19-12/h3-4,6,8,12,14,16H,5,7,9-10H2,1-2H3. The lowest BCUT2D eigenvalue weighted by molar-refractivity contribution is -0.143. The van der Waals surface area contributed by atoms with Crippen molar-refractivity contribution in [2.75, 3.05) is 20.3 Å². The fourth-order valence-corrected chi connectivity index (χ4v) is 2.40. The number of carbonyl (C=O) groups excluding carboxylic acids is 1. The van der Waals surface area contributed by atoms with Crippen LogP contribution < -0.4 is 5.32 Å². The van der Waals surface area contributed by atoms with E-state index in [2.05, 4.69) is 5.32 Å². The summed E-state index contributed by atoms with van der Waals surface area (Å²) in [4.78, 5) is 11.9. The van der Waals surface area contributed by atoms with E-state index in [0.717, 1.165) is 30.6 Å². The Bertz CT molecular complexity index is 427. The van der Waals surface area contributed by atoms with Gasteiger partial charge in [0.05, 0.1) is 13.2 Å². The summed E-state index contributed by atoms with van der Waals surface area (Å²) in [7, 11) is 1.42. The van der Waals surface area contributed by atoms with Crippen molar-refractivity contribution in [3.63, 3.8) is 0 Å². The van der Waals surface area contributed by atoms with Crippen LogP contribution >= 0.6 is 0 Å². The lowest BCUT2D eigenvalue weighted by Gasteiger charge is -2.20. The fourth-order valence-electron chi connectivity index (χ4n) is 2.40. The van der Waals surface area contributed by atoms with Crippen molar-refractivity contribution in [1.82, 2.24) is 5.32 Å². The quantitative estimate of drug-likeness (QED) is 0.825. The molecule has 0 aromatic heterocycles. The first-order chi connectivity index (χ1) is 9.22. The van der Waals surface area contributed by atoms with E-state index in [0.29, 0.717) is 6.54 Å². The predicted octanol–water partition coefficient (Wildman–Crippen LogP) is 1.98. The number of esters is 1. The van der Waals surface area contributed by atoms with Gasteiger partial charge >= 0.3 is 5.97 Å².